The highest BCUT2D eigenvalue weighted by molar-refractivity contribution is 8.44. The largest absolute Gasteiger partial charge is 0.383 e. The Labute approximate surface area is 110 Å². The van der Waals surface area contributed by atoms with Gasteiger partial charge in [-0.05, 0) is 18.3 Å². The van der Waals surface area contributed by atoms with E-state index in [1.165, 1.54) is 0 Å². The Morgan fingerprint density at radius 3 is 2.65 bits per heavy atom. The summed E-state index contributed by atoms with van der Waals surface area (Å²) in [5.41, 5.74) is 0.102. The standard InChI is InChI=1S/C9H21B2O4PS/c1-9(2,3)5-7-6(15-16(12,13)17)4-8(11-10)14-7/h6-8,11H,4-5,10H2,1-3H3,(H2,12,13,17). The van der Waals surface area contributed by atoms with Gasteiger partial charge < -0.3 is 9.63 Å². The molecule has 0 bridgehead atoms. The van der Waals surface area contributed by atoms with E-state index in [1.54, 1.807) is 0 Å². The average molecular weight is 278 g/mol. The summed E-state index contributed by atoms with van der Waals surface area (Å²) in [6.45, 7) is 2.61. The molecule has 0 aromatic rings. The van der Waals surface area contributed by atoms with Gasteiger partial charge in [0.05, 0.1) is 19.9 Å². The van der Waals surface area contributed by atoms with Crippen molar-refractivity contribution in [2.24, 2.45) is 5.41 Å². The molecule has 0 saturated carbocycles. The summed E-state index contributed by atoms with van der Waals surface area (Å²) in [6.07, 6.45) is 1.03. The molecule has 0 aromatic carbocycles. The van der Waals surface area contributed by atoms with Gasteiger partial charge in [-0.3, -0.25) is 4.52 Å². The second kappa shape index (κ2) is 5.70. The van der Waals surface area contributed by atoms with Gasteiger partial charge in [-0.15, -0.1) is 0 Å². The van der Waals surface area contributed by atoms with Crippen molar-refractivity contribution >= 4 is 34.0 Å². The molecule has 4 nitrogen and oxygen atoms in total. The zero-order valence-corrected chi connectivity index (χ0v) is 12.7. The Hall–Kier alpha value is 0.590. The van der Waals surface area contributed by atoms with E-state index in [9.17, 15) is 9.46 Å². The maximum absolute atomic E-state index is 11.2. The van der Waals surface area contributed by atoms with Crippen molar-refractivity contribution in [3.05, 3.63) is 0 Å². The van der Waals surface area contributed by atoms with Crippen LogP contribution in [0.25, 0.3) is 0 Å². The molecule has 4 atom stereocenters. The van der Waals surface area contributed by atoms with E-state index in [4.69, 9.17) is 9.26 Å². The van der Waals surface area contributed by atoms with Crippen molar-refractivity contribution in [3.8, 4) is 0 Å². The summed E-state index contributed by atoms with van der Waals surface area (Å²) in [4.78, 5) is 9.20. The molecule has 1 saturated heterocycles. The fourth-order valence-electron chi connectivity index (χ4n) is 2.13. The number of thiol groups is 1. The molecule has 0 spiro atoms. The second-order valence-electron chi connectivity index (χ2n) is 5.84. The van der Waals surface area contributed by atoms with Crippen LogP contribution in [0.1, 0.15) is 33.6 Å². The Morgan fingerprint density at radius 1 is 1.65 bits per heavy atom. The monoisotopic (exact) mass is 278 g/mol. The lowest BCUT2D eigenvalue weighted by Gasteiger charge is -2.27. The molecule has 0 amide bonds. The Bertz CT molecular complexity index is 304. The molecule has 1 rings (SSSR count). The number of ether oxygens (including phenoxy) is 1. The maximum Gasteiger partial charge on any atom is 0.383 e. The first-order valence-electron chi connectivity index (χ1n) is 6.00. The summed E-state index contributed by atoms with van der Waals surface area (Å²) >= 11 is 3.57. The first kappa shape index (κ1) is 15.6. The highest BCUT2D eigenvalue weighted by atomic mass is 32.7. The minimum Gasteiger partial charge on any atom is -0.382 e. The molecule has 1 aliphatic rings. The molecule has 1 N–H and O–H groups in total. The summed E-state index contributed by atoms with van der Waals surface area (Å²) < 4.78 is 22.2. The van der Waals surface area contributed by atoms with Gasteiger partial charge in [0.1, 0.15) is 7.17 Å². The van der Waals surface area contributed by atoms with E-state index >= 15 is 0 Å². The summed E-state index contributed by atoms with van der Waals surface area (Å²) in [5, 5.41) is 0. The van der Waals surface area contributed by atoms with Gasteiger partial charge in [-0.2, -0.15) is 0 Å². The Kier molecular flexibility index (Phi) is 5.25. The van der Waals surface area contributed by atoms with Gasteiger partial charge >= 0.3 is 6.80 Å². The quantitative estimate of drug-likeness (QED) is 0.456. The summed E-state index contributed by atoms with van der Waals surface area (Å²) in [7, 11) is 2.93. The van der Waals surface area contributed by atoms with E-state index in [0.29, 0.717) is 6.42 Å². The highest BCUT2D eigenvalue weighted by Gasteiger charge is 2.39. The second-order valence-corrected chi connectivity index (χ2v) is 8.55. The lowest BCUT2D eigenvalue weighted by Crippen LogP contribution is -2.28. The molecule has 0 aromatic heterocycles. The van der Waals surface area contributed by atoms with Crippen LogP contribution in [-0.2, 0) is 13.8 Å². The Morgan fingerprint density at radius 2 is 2.24 bits per heavy atom. The van der Waals surface area contributed by atoms with Crippen LogP contribution in [0.3, 0.4) is 0 Å². The predicted molar refractivity (Wildman–Crippen MR) is 76.7 cm³/mol. The first-order chi connectivity index (χ1) is 7.61. The topological polar surface area (TPSA) is 55.8 Å². The minimum atomic E-state index is -3.74. The van der Waals surface area contributed by atoms with Crippen LogP contribution in [0.15, 0.2) is 0 Å². The molecule has 8 heteroatoms. The van der Waals surface area contributed by atoms with Crippen molar-refractivity contribution < 1.29 is 18.7 Å². The number of hydrogen-bond donors (Lipinski definition) is 2. The lowest BCUT2D eigenvalue weighted by atomic mass is 9.51. The molecule has 17 heavy (non-hydrogen) atoms. The van der Waals surface area contributed by atoms with Crippen LogP contribution in [0, 0.1) is 5.41 Å². The van der Waals surface area contributed by atoms with Crippen LogP contribution < -0.4 is 0 Å². The molecular formula is C9H21B2O4PS. The van der Waals surface area contributed by atoms with Crippen molar-refractivity contribution in [2.75, 3.05) is 0 Å². The lowest BCUT2D eigenvalue weighted by molar-refractivity contribution is 0.0138. The minimum absolute atomic E-state index is 0.102. The molecule has 98 valence electrons. The fourth-order valence-corrected chi connectivity index (χ4v) is 3.07. The first-order valence-corrected chi connectivity index (χ1v) is 8.73. The van der Waals surface area contributed by atoms with Crippen LogP contribution in [0.4, 0.5) is 0 Å². The third-order valence-electron chi connectivity index (χ3n) is 2.82. The van der Waals surface area contributed by atoms with E-state index < -0.39 is 6.80 Å². The molecule has 0 radical (unpaired) electrons. The van der Waals surface area contributed by atoms with Gasteiger partial charge in [-0.25, -0.2) is 4.57 Å². The molecular weight excluding hydrogens is 257 g/mol. The SMILES string of the molecule is BBC1CC(OP(=O)(O)S)C(CC(C)(C)C)O1. The third-order valence-corrected chi connectivity index (χ3v) is 3.65. The normalized spacial score (nSPS) is 33.4. The zero-order valence-electron chi connectivity index (χ0n) is 10.9. The summed E-state index contributed by atoms with van der Waals surface area (Å²) in [5.74, 6) is 0. The van der Waals surface area contributed by atoms with Crippen molar-refractivity contribution in [1.29, 1.82) is 0 Å². The molecule has 1 aliphatic heterocycles. The van der Waals surface area contributed by atoms with Crippen LogP contribution >= 0.6 is 19.0 Å². The smallest absolute Gasteiger partial charge is 0.382 e. The Balaban J connectivity index is 2.67. The molecule has 1 heterocycles. The van der Waals surface area contributed by atoms with Gasteiger partial charge in [0.2, 0.25) is 0 Å². The van der Waals surface area contributed by atoms with Gasteiger partial charge in [-0.1, -0.05) is 33.0 Å². The van der Waals surface area contributed by atoms with Crippen LogP contribution in [0.2, 0.25) is 0 Å². The van der Waals surface area contributed by atoms with Gasteiger partial charge in [0.15, 0.2) is 0 Å². The molecule has 4 unspecified atom stereocenters. The molecule has 1 fully saturated rings. The number of hydrogen-bond acceptors (Lipinski definition) is 3. The average Bonchev–Trinajstić information content (AvgIpc) is 2.42. The van der Waals surface area contributed by atoms with E-state index in [-0.39, 0.29) is 23.6 Å². The zero-order chi connectivity index (χ0) is 13.3. The van der Waals surface area contributed by atoms with Gasteiger partial charge in [0.25, 0.3) is 0 Å². The van der Waals surface area contributed by atoms with Crippen LogP contribution in [0.5, 0.6) is 0 Å². The van der Waals surface area contributed by atoms with Crippen molar-refractivity contribution in [2.45, 2.75) is 51.8 Å². The van der Waals surface area contributed by atoms with Crippen molar-refractivity contribution in [1.82, 2.24) is 0 Å². The molecule has 0 aliphatic carbocycles. The predicted octanol–water partition coefficient (Wildman–Crippen LogP) is 0.938. The van der Waals surface area contributed by atoms with Crippen molar-refractivity contribution in [3.63, 3.8) is 0 Å². The third kappa shape index (κ3) is 5.84. The highest BCUT2D eigenvalue weighted by Crippen LogP contribution is 2.50. The van der Waals surface area contributed by atoms with E-state index in [2.05, 4.69) is 33.0 Å². The maximum atomic E-state index is 11.2. The number of rotatable bonds is 4. The van der Waals surface area contributed by atoms with E-state index in [0.717, 1.165) is 13.6 Å². The van der Waals surface area contributed by atoms with Gasteiger partial charge in [0, 0.05) is 6.00 Å². The van der Waals surface area contributed by atoms with E-state index in [1.807, 2.05) is 7.74 Å². The fraction of sp³-hybridized carbons (Fsp3) is 1.00. The van der Waals surface area contributed by atoms with Crippen LogP contribution in [-0.4, -0.2) is 38.0 Å². The summed E-state index contributed by atoms with van der Waals surface area (Å²) in [6, 6.07) is 0.118.